The van der Waals surface area contributed by atoms with Crippen molar-refractivity contribution in [3.63, 3.8) is 0 Å². The second-order valence-electron chi connectivity index (χ2n) is 11.1. The highest BCUT2D eigenvalue weighted by molar-refractivity contribution is 8.07. The maximum absolute atomic E-state index is 13.3. The van der Waals surface area contributed by atoms with Crippen LogP contribution >= 0.6 is 14.5 Å². The Bertz CT molecular complexity index is 2100. The van der Waals surface area contributed by atoms with Gasteiger partial charge in [0.2, 0.25) is 5.78 Å². The van der Waals surface area contributed by atoms with E-state index in [1.807, 2.05) is 4.57 Å². The Labute approximate surface area is 257 Å². The predicted molar refractivity (Wildman–Crippen MR) is 157 cm³/mol. The number of fused-ring (bicyclic) bond motifs is 6. The van der Waals surface area contributed by atoms with Crippen LogP contribution in [-0.2, 0) is 39.2 Å². The second kappa shape index (κ2) is 10.7. The number of nitrogen functional groups attached to an aromatic ring is 1. The van der Waals surface area contributed by atoms with E-state index in [9.17, 15) is 19.1 Å². The smallest absolute Gasteiger partial charge is 0.382 e. The normalized spacial score (nSPS) is 34.5. The van der Waals surface area contributed by atoms with Crippen LogP contribution in [0.1, 0.15) is 25.1 Å². The van der Waals surface area contributed by atoms with Crippen LogP contribution in [0.15, 0.2) is 36.2 Å². The summed E-state index contributed by atoms with van der Waals surface area (Å²) in [4.78, 5) is 58.7. The number of nitrogens with two attached hydrogens (primary N) is 1. The van der Waals surface area contributed by atoms with Crippen molar-refractivity contribution in [1.82, 2.24) is 43.4 Å². The zero-order valence-electron chi connectivity index (χ0n) is 23.1. The monoisotopic (exact) mass is 680 g/mol. The summed E-state index contributed by atoms with van der Waals surface area (Å²) in [6.45, 7) is -4.12. The van der Waals surface area contributed by atoms with Gasteiger partial charge in [-0.3, -0.25) is 18.4 Å². The number of rotatable bonds is 2. The molecule has 0 spiro atoms. The van der Waals surface area contributed by atoms with Crippen LogP contribution in [0.4, 0.5) is 5.82 Å². The summed E-state index contributed by atoms with van der Waals surface area (Å²) in [7, 11) is -4.63. The molecule has 5 N–H and O–H groups in total. The van der Waals surface area contributed by atoms with Crippen molar-refractivity contribution in [2.75, 3.05) is 25.6 Å². The predicted octanol–water partition coefficient (Wildman–Crippen LogP) is 1.02. The summed E-state index contributed by atoms with van der Waals surface area (Å²) < 4.78 is 46.7. The maximum atomic E-state index is 13.3. The molecular weight excluding hydrogens is 654 g/mol. The van der Waals surface area contributed by atoms with E-state index in [-0.39, 0.29) is 66.9 Å². The lowest BCUT2D eigenvalue weighted by Crippen LogP contribution is -2.43. The molecule has 2 unspecified atom stereocenters. The number of aromatic nitrogens is 9. The molecule has 1 aliphatic carbocycles. The number of nitrogens with zero attached hydrogens (tertiary/aromatic N) is 8. The Kier molecular flexibility index (Phi) is 6.96. The summed E-state index contributed by atoms with van der Waals surface area (Å²) in [6, 6.07) is -0.220. The molecule has 5 aromatic heterocycles. The number of aromatic amines is 1. The molecule has 2 saturated heterocycles. The average molecular weight is 681 g/mol. The molecule has 1 saturated carbocycles. The summed E-state index contributed by atoms with van der Waals surface area (Å²) in [5.74, 6) is -0.103. The molecule has 8 rings (SSSR count). The van der Waals surface area contributed by atoms with Crippen molar-refractivity contribution in [2.45, 2.75) is 37.3 Å². The Balaban J connectivity index is 1.08. The quantitative estimate of drug-likeness (QED) is 0.190. The number of hydrogen-bond acceptors (Lipinski definition) is 14. The molecule has 19 nitrogen and oxygen atoms in total. The lowest BCUT2D eigenvalue weighted by atomic mass is 9.70. The number of nitrogens with one attached hydrogen (secondary N) is 1. The lowest BCUT2D eigenvalue weighted by Gasteiger charge is -2.45. The maximum Gasteiger partial charge on any atom is 0.472 e. The first-order valence-corrected chi connectivity index (χ1v) is 17.9. The Hall–Kier alpha value is -3.16. The van der Waals surface area contributed by atoms with Crippen LogP contribution in [0.25, 0.3) is 28.1 Å². The highest BCUT2D eigenvalue weighted by Gasteiger charge is 2.47. The second-order valence-corrected chi connectivity index (χ2v) is 15.3. The van der Waals surface area contributed by atoms with Gasteiger partial charge in [-0.15, -0.1) is 0 Å². The largest absolute Gasteiger partial charge is 0.472 e. The molecule has 2 aliphatic heterocycles. The van der Waals surface area contributed by atoms with Gasteiger partial charge in [-0.05, 0) is 24.1 Å². The summed E-state index contributed by atoms with van der Waals surface area (Å²) in [6.07, 6.45) is 5.01. The van der Waals surface area contributed by atoms with E-state index in [0.717, 1.165) is 0 Å². The third-order valence-electron chi connectivity index (χ3n) is 8.47. The molecule has 3 fully saturated rings. The Morgan fingerprint density at radius 3 is 2.67 bits per heavy atom. The average Bonchev–Trinajstić information content (AvgIpc) is 3.77. The number of ether oxygens (including phenoxy) is 1. The van der Waals surface area contributed by atoms with Gasteiger partial charge in [-0.2, -0.15) is 0 Å². The molecule has 0 amide bonds. The summed E-state index contributed by atoms with van der Waals surface area (Å²) >= 11 is 5.31. The van der Waals surface area contributed by atoms with E-state index in [2.05, 4.69) is 29.9 Å². The van der Waals surface area contributed by atoms with Gasteiger partial charge in [-0.25, -0.2) is 33.9 Å². The van der Waals surface area contributed by atoms with E-state index in [1.165, 1.54) is 34.0 Å². The van der Waals surface area contributed by atoms with Gasteiger partial charge in [0.25, 0.3) is 5.56 Å². The fraction of sp³-hybridized carbons (Fsp3) is 0.478. The summed E-state index contributed by atoms with van der Waals surface area (Å²) in [5, 5.41) is 0. The van der Waals surface area contributed by atoms with Crippen LogP contribution < -0.4 is 11.3 Å². The third-order valence-corrected chi connectivity index (χ3v) is 11.1. The highest BCUT2D eigenvalue weighted by atomic mass is 32.5. The zero-order valence-corrected chi connectivity index (χ0v) is 25.7. The van der Waals surface area contributed by atoms with E-state index in [4.69, 9.17) is 40.4 Å². The van der Waals surface area contributed by atoms with Crippen molar-refractivity contribution in [1.29, 1.82) is 0 Å². The topological polar surface area (TPSA) is 241 Å². The van der Waals surface area contributed by atoms with Gasteiger partial charge >= 0.3 is 14.5 Å². The number of phosphoric ester groups is 1. The van der Waals surface area contributed by atoms with Gasteiger partial charge < -0.3 is 38.9 Å². The molecule has 8 atom stereocenters. The fourth-order valence-corrected chi connectivity index (χ4v) is 8.34. The first-order chi connectivity index (χ1) is 21.6. The number of anilines is 1. The van der Waals surface area contributed by atoms with Crippen molar-refractivity contribution < 1.29 is 37.2 Å². The number of hydrogen-bond donors (Lipinski definition) is 4. The molecule has 7 heterocycles. The van der Waals surface area contributed by atoms with Gasteiger partial charge in [0.1, 0.15) is 23.6 Å². The Morgan fingerprint density at radius 2 is 1.80 bits per heavy atom. The molecule has 3 aliphatic rings. The van der Waals surface area contributed by atoms with E-state index in [0.29, 0.717) is 17.6 Å². The van der Waals surface area contributed by atoms with E-state index in [1.54, 1.807) is 6.33 Å². The number of phosphoric acid groups is 1. The molecule has 0 aromatic carbocycles. The first-order valence-electron chi connectivity index (χ1n) is 13.8. The van der Waals surface area contributed by atoms with Crippen LogP contribution in [0.3, 0.4) is 0 Å². The van der Waals surface area contributed by atoms with Crippen LogP contribution in [0.2, 0.25) is 0 Å². The molecular formula is C23H26N10O9P2S. The highest BCUT2D eigenvalue weighted by Crippen LogP contribution is 2.55. The van der Waals surface area contributed by atoms with Gasteiger partial charge in [0.15, 0.2) is 23.2 Å². The molecule has 2 bridgehead atoms. The van der Waals surface area contributed by atoms with Crippen molar-refractivity contribution in [3.05, 3.63) is 41.7 Å². The summed E-state index contributed by atoms with van der Waals surface area (Å²) in [5.41, 5.74) is 6.87. The van der Waals surface area contributed by atoms with E-state index >= 15 is 0 Å². The third kappa shape index (κ3) is 5.11. The van der Waals surface area contributed by atoms with E-state index < -0.39 is 38.5 Å². The van der Waals surface area contributed by atoms with Gasteiger partial charge in [0.05, 0.1) is 38.6 Å². The SMILES string of the molecule is Nc1ncnc2c1ncn2[C@@H]1C[C@@H]2COP(=O)(O)O[C@@H]3C[C@@H](COP(O)(=S)OC[C@H]21)O[C@H]3n1cnc2c(=O)n3ccnc3[nH]c21. The minimum Gasteiger partial charge on any atom is -0.382 e. The van der Waals surface area contributed by atoms with Gasteiger partial charge in [0, 0.05) is 30.8 Å². The molecule has 45 heavy (non-hydrogen) atoms. The molecule has 5 aromatic rings. The minimum atomic E-state index is -4.63. The fourth-order valence-electron chi connectivity index (χ4n) is 6.21. The number of imidazole rings is 3. The van der Waals surface area contributed by atoms with Crippen molar-refractivity contribution in [3.8, 4) is 0 Å². The lowest BCUT2D eigenvalue weighted by molar-refractivity contribution is -0.0481. The van der Waals surface area contributed by atoms with Crippen molar-refractivity contribution >= 4 is 60.3 Å². The van der Waals surface area contributed by atoms with Crippen LogP contribution in [0.5, 0.6) is 0 Å². The van der Waals surface area contributed by atoms with Gasteiger partial charge in [-0.1, -0.05) is 0 Å². The van der Waals surface area contributed by atoms with Crippen LogP contribution in [0, 0.1) is 11.8 Å². The molecule has 22 heteroatoms. The minimum absolute atomic E-state index is 0.0310. The zero-order chi connectivity index (χ0) is 31.1. The standard InChI is InChI=1S/C23H26N10O9P2S/c24-18-16-19(27-8-26-18)32(9-28-16)14-3-11-5-38-43(35,36)42-15-4-12(6-39-44(37,45)40-7-13(11)14)41-22(15)33-10-29-17-20(33)30-23-25-1-2-31(23)21(17)34/h1-2,8-15,22H,3-7H2,(H,25,30)(H,35,36)(H,37,45)(H2,24,26,27)/t11-,12+,13-,14-,15-,22-,44?/m1/s1. The molecule has 238 valence electrons. The number of H-pyrrole nitrogens is 1. The van der Waals surface area contributed by atoms with Crippen molar-refractivity contribution in [2.24, 2.45) is 11.8 Å². The first kappa shape index (κ1) is 29.3. The van der Waals surface area contributed by atoms with Crippen LogP contribution in [-0.4, -0.2) is 85.3 Å². The molecule has 0 radical (unpaired) electrons. The Morgan fingerprint density at radius 1 is 1.00 bits per heavy atom.